The average Bonchev–Trinajstić information content (AvgIpc) is 3.14. The first-order valence-corrected chi connectivity index (χ1v) is 10.1. The Kier molecular flexibility index (Phi) is 8.09. The highest BCUT2D eigenvalue weighted by Gasteiger charge is 2.14. The first-order valence-electron chi connectivity index (χ1n) is 10.1. The van der Waals surface area contributed by atoms with Crippen LogP contribution < -0.4 is 4.74 Å². The fraction of sp³-hybridized carbons (Fsp3) is 0.458. The molecular formula is C24H32ClNO2. The zero-order valence-corrected chi connectivity index (χ0v) is 18.3. The molecule has 1 heterocycles. The van der Waals surface area contributed by atoms with Gasteiger partial charge in [-0.1, -0.05) is 32.0 Å². The number of ketones is 1. The van der Waals surface area contributed by atoms with Crippen molar-refractivity contribution in [1.29, 1.82) is 0 Å². The molecule has 28 heavy (non-hydrogen) atoms. The highest BCUT2D eigenvalue weighted by atomic mass is 35.5. The minimum atomic E-state index is 0. The summed E-state index contributed by atoms with van der Waals surface area (Å²) in [6.07, 6.45) is 2.62. The maximum Gasteiger partial charge on any atom is 0.165 e. The number of Topliss-reactive ketones (excluding diaryl/α,β-unsaturated/α-hetero) is 1. The number of carbonyl (C=O) groups excluding carboxylic acids is 1. The lowest BCUT2D eigenvalue weighted by atomic mass is 9.92. The maximum atomic E-state index is 12.4. The minimum absolute atomic E-state index is 0. The zero-order valence-electron chi connectivity index (χ0n) is 17.5. The first-order chi connectivity index (χ1) is 13.0. The van der Waals surface area contributed by atoms with Crippen LogP contribution in [0.2, 0.25) is 0 Å². The van der Waals surface area contributed by atoms with E-state index in [2.05, 4.69) is 36.9 Å². The molecule has 2 aromatic carbocycles. The third kappa shape index (κ3) is 5.36. The number of hydrogen-bond donors (Lipinski definition) is 0. The molecule has 1 aliphatic heterocycles. The highest BCUT2D eigenvalue weighted by molar-refractivity contribution is 5.98. The summed E-state index contributed by atoms with van der Waals surface area (Å²) in [4.78, 5) is 14.8. The van der Waals surface area contributed by atoms with Crippen molar-refractivity contribution in [2.24, 2.45) is 5.92 Å². The fourth-order valence-corrected chi connectivity index (χ4v) is 3.92. The molecule has 0 atom stereocenters. The summed E-state index contributed by atoms with van der Waals surface area (Å²) in [6.45, 7) is 12.3. The van der Waals surface area contributed by atoms with E-state index in [9.17, 15) is 4.79 Å². The summed E-state index contributed by atoms with van der Waals surface area (Å²) in [7, 11) is 0. The van der Waals surface area contributed by atoms with Crippen LogP contribution in [0.25, 0.3) is 11.1 Å². The number of aryl methyl sites for hydroxylation is 2. The zero-order chi connectivity index (χ0) is 19.4. The van der Waals surface area contributed by atoms with Crippen molar-refractivity contribution in [2.45, 2.75) is 40.5 Å². The Bertz CT molecular complexity index is 787. The summed E-state index contributed by atoms with van der Waals surface area (Å²) in [5, 5.41) is 0. The van der Waals surface area contributed by atoms with Crippen LogP contribution in [0.1, 0.15) is 48.2 Å². The molecule has 1 aliphatic rings. The van der Waals surface area contributed by atoms with E-state index in [-0.39, 0.29) is 24.1 Å². The van der Waals surface area contributed by atoms with E-state index in [1.54, 1.807) is 0 Å². The Morgan fingerprint density at radius 2 is 1.71 bits per heavy atom. The topological polar surface area (TPSA) is 29.5 Å². The number of ether oxygens (including phenoxy) is 1. The number of hydrogen-bond acceptors (Lipinski definition) is 3. The predicted octanol–water partition coefficient (Wildman–Crippen LogP) is 5.71. The van der Waals surface area contributed by atoms with Gasteiger partial charge in [-0.2, -0.15) is 0 Å². The van der Waals surface area contributed by atoms with Gasteiger partial charge < -0.3 is 4.74 Å². The molecule has 1 fully saturated rings. The third-order valence-electron chi connectivity index (χ3n) is 5.34. The van der Waals surface area contributed by atoms with Crippen molar-refractivity contribution >= 4 is 18.2 Å². The summed E-state index contributed by atoms with van der Waals surface area (Å²) in [6, 6.07) is 12.2. The van der Waals surface area contributed by atoms with Crippen molar-refractivity contribution in [3.05, 3.63) is 53.1 Å². The molecule has 2 aromatic rings. The van der Waals surface area contributed by atoms with Crippen LogP contribution in [0.15, 0.2) is 36.4 Å². The van der Waals surface area contributed by atoms with Crippen LogP contribution >= 0.6 is 12.4 Å². The highest BCUT2D eigenvalue weighted by Crippen LogP contribution is 2.32. The van der Waals surface area contributed by atoms with E-state index >= 15 is 0 Å². The maximum absolute atomic E-state index is 12.4. The summed E-state index contributed by atoms with van der Waals surface area (Å²) in [5.41, 5.74) is 5.44. The van der Waals surface area contributed by atoms with Gasteiger partial charge in [0, 0.05) is 18.0 Å². The number of carbonyl (C=O) groups is 1. The van der Waals surface area contributed by atoms with Crippen molar-refractivity contribution in [3.63, 3.8) is 0 Å². The van der Waals surface area contributed by atoms with Gasteiger partial charge in [-0.05, 0) is 80.2 Å². The quantitative estimate of drug-likeness (QED) is 0.557. The van der Waals surface area contributed by atoms with Crippen molar-refractivity contribution in [1.82, 2.24) is 4.90 Å². The third-order valence-corrected chi connectivity index (χ3v) is 5.34. The van der Waals surface area contributed by atoms with Crippen LogP contribution in [0.5, 0.6) is 5.75 Å². The van der Waals surface area contributed by atoms with Gasteiger partial charge >= 0.3 is 0 Å². The summed E-state index contributed by atoms with van der Waals surface area (Å²) in [5.74, 6) is 1.13. The van der Waals surface area contributed by atoms with E-state index in [0.29, 0.717) is 0 Å². The molecule has 0 bridgehead atoms. The van der Waals surface area contributed by atoms with Gasteiger partial charge in [0.15, 0.2) is 5.78 Å². The van der Waals surface area contributed by atoms with Crippen LogP contribution in [0, 0.1) is 19.8 Å². The smallest absolute Gasteiger partial charge is 0.165 e. The molecule has 0 spiro atoms. The summed E-state index contributed by atoms with van der Waals surface area (Å²) < 4.78 is 6.02. The van der Waals surface area contributed by atoms with Gasteiger partial charge in [-0.25, -0.2) is 0 Å². The molecule has 0 saturated carbocycles. The largest absolute Gasteiger partial charge is 0.492 e. The standard InChI is InChI=1S/C24H31NO2.ClH/c1-17(2)24(26)21-9-7-8-20(16-21)23-18(3)14-22(15-19(23)4)27-13-12-25-10-5-6-11-25;/h7-9,14-17H,5-6,10-13H2,1-4H3;1H. The molecule has 0 N–H and O–H groups in total. The fourth-order valence-electron chi connectivity index (χ4n) is 3.92. The average molecular weight is 402 g/mol. The molecule has 3 rings (SSSR count). The summed E-state index contributed by atoms with van der Waals surface area (Å²) >= 11 is 0. The van der Waals surface area contributed by atoms with Crippen LogP contribution in [-0.2, 0) is 0 Å². The molecule has 0 radical (unpaired) electrons. The first kappa shape index (κ1) is 22.4. The Morgan fingerprint density at radius 3 is 2.32 bits per heavy atom. The van der Waals surface area contributed by atoms with Crippen LogP contribution in [0.3, 0.4) is 0 Å². The van der Waals surface area contributed by atoms with E-state index in [1.807, 2.05) is 32.0 Å². The Hall–Kier alpha value is -1.84. The lowest BCUT2D eigenvalue weighted by Gasteiger charge is -2.17. The second-order valence-corrected chi connectivity index (χ2v) is 7.93. The molecular weight excluding hydrogens is 370 g/mol. The van der Waals surface area contributed by atoms with Gasteiger partial charge in [0.25, 0.3) is 0 Å². The molecule has 0 amide bonds. The van der Waals surface area contributed by atoms with Crippen LogP contribution in [-0.4, -0.2) is 36.9 Å². The van der Waals surface area contributed by atoms with Crippen molar-refractivity contribution in [2.75, 3.05) is 26.2 Å². The number of likely N-dealkylation sites (tertiary alicyclic amines) is 1. The van der Waals surface area contributed by atoms with Gasteiger partial charge in [-0.3, -0.25) is 9.69 Å². The Morgan fingerprint density at radius 1 is 1.07 bits per heavy atom. The van der Waals surface area contributed by atoms with Gasteiger partial charge in [0.2, 0.25) is 0 Å². The second-order valence-electron chi connectivity index (χ2n) is 7.93. The van der Waals surface area contributed by atoms with Crippen molar-refractivity contribution < 1.29 is 9.53 Å². The van der Waals surface area contributed by atoms with E-state index in [4.69, 9.17) is 4.74 Å². The molecule has 1 saturated heterocycles. The van der Waals surface area contributed by atoms with Gasteiger partial charge in [0.05, 0.1) is 0 Å². The molecule has 4 heteroatoms. The monoisotopic (exact) mass is 401 g/mol. The van der Waals surface area contributed by atoms with Gasteiger partial charge in [-0.15, -0.1) is 12.4 Å². The Balaban J connectivity index is 0.00000280. The lowest BCUT2D eigenvalue weighted by molar-refractivity contribution is 0.0939. The normalized spacial score (nSPS) is 14.2. The molecule has 3 nitrogen and oxygen atoms in total. The van der Waals surface area contributed by atoms with E-state index in [1.165, 1.54) is 42.6 Å². The van der Waals surface area contributed by atoms with Crippen molar-refractivity contribution in [3.8, 4) is 16.9 Å². The number of rotatable bonds is 7. The van der Waals surface area contributed by atoms with Gasteiger partial charge in [0.1, 0.15) is 12.4 Å². The number of benzene rings is 2. The molecule has 0 unspecified atom stereocenters. The van der Waals surface area contributed by atoms with E-state index in [0.717, 1.165) is 30.0 Å². The number of nitrogens with zero attached hydrogens (tertiary/aromatic N) is 1. The lowest BCUT2D eigenvalue weighted by Crippen LogP contribution is -2.25. The Labute approximate surface area is 175 Å². The van der Waals surface area contributed by atoms with Crippen LogP contribution in [0.4, 0.5) is 0 Å². The molecule has 0 aromatic heterocycles. The number of halogens is 1. The minimum Gasteiger partial charge on any atom is -0.492 e. The van der Waals surface area contributed by atoms with E-state index < -0.39 is 0 Å². The molecule has 152 valence electrons. The molecule has 0 aliphatic carbocycles. The SMILES string of the molecule is Cc1cc(OCCN2CCCC2)cc(C)c1-c1cccc(C(=O)C(C)C)c1.Cl. The second kappa shape index (κ2) is 10.1. The predicted molar refractivity (Wildman–Crippen MR) is 119 cm³/mol.